The van der Waals surface area contributed by atoms with E-state index in [1.165, 1.54) is 30.4 Å². The van der Waals surface area contributed by atoms with Crippen LogP contribution in [-0.4, -0.2) is 34.9 Å². The standard InChI is InChI=1S/C44H28N4Se/c1-4-15-29(16-5-1)32-24-14-28-45-43(32)41-42(31-19-8-3-9-20-31)46-48-47-44(41)35-22-11-10-21-33(35)34-26-27-38-40(36-23-12-13-25-37(36)49-38)39(34)30-17-6-2-7-18-30/h1-28H. The molecule has 0 aliphatic carbocycles. The number of aromatic nitrogens is 4. The Balaban J connectivity index is 1.37. The first-order chi connectivity index (χ1) is 24.3. The molecule has 0 aliphatic heterocycles. The number of nitrogens with zero attached hydrogens (tertiary/aromatic N) is 4. The number of benzene rings is 6. The average Bonchev–Trinajstić information content (AvgIpc) is 3.57. The van der Waals surface area contributed by atoms with Crippen LogP contribution in [0.5, 0.6) is 0 Å². The van der Waals surface area contributed by atoms with Crippen molar-refractivity contribution in [3.05, 3.63) is 170 Å². The third kappa shape index (κ3) is 5.17. The fraction of sp³-hybridized carbons (Fsp3) is 0. The summed E-state index contributed by atoms with van der Waals surface area (Å²) in [5.41, 5.74) is 11.8. The molecule has 3 aromatic heterocycles. The molecule has 0 fully saturated rings. The van der Waals surface area contributed by atoms with Gasteiger partial charge in [0.15, 0.2) is 0 Å². The fourth-order valence-corrected chi connectivity index (χ4v) is 9.20. The smallest absolute Gasteiger partial charge is 0.0616 e. The van der Waals surface area contributed by atoms with Gasteiger partial charge in [-0.1, -0.05) is 24.3 Å². The first kappa shape index (κ1) is 29.2. The molecule has 9 aromatic rings. The first-order valence-corrected chi connectivity index (χ1v) is 18.0. The van der Waals surface area contributed by atoms with Crippen LogP contribution in [0.1, 0.15) is 0 Å². The zero-order valence-electron chi connectivity index (χ0n) is 26.4. The molecule has 0 unspecified atom stereocenters. The summed E-state index contributed by atoms with van der Waals surface area (Å²) in [6, 6.07) is 57.5. The molecule has 0 bridgehead atoms. The third-order valence-corrected chi connectivity index (χ3v) is 11.4. The Morgan fingerprint density at radius 2 is 0.980 bits per heavy atom. The minimum absolute atomic E-state index is 0.245. The summed E-state index contributed by atoms with van der Waals surface area (Å²) in [6.45, 7) is 0. The van der Waals surface area contributed by atoms with Gasteiger partial charge < -0.3 is 0 Å². The SMILES string of the molecule is c1ccc(-c2cccnc2-c2c(-c3ccccc3)nnnc2-c2ccccc2-c2ccc3[se]c4ccccc4c3c2-c2ccccc2)cc1. The minimum Gasteiger partial charge on any atom is -0.0616 e. The molecule has 0 amide bonds. The monoisotopic (exact) mass is 692 g/mol. The normalized spacial score (nSPS) is 11.3. The third-order valence-electron chi connectivity index (χ3n) is 9.02. The molecule has 0 spiro atoms. The molecule has 0 aliphatic rings. The molecule has 0 saturated heterocycles. The maximum atomic E-state index is 5.03. The second-order valence-corrected chi connectivity index (χ2v) is 14.1. The van der Waals surface area contributed by atoms with Gasteiger partial charge in [-0.3, -0.25) is 0 Å². The van der Waals surface area contributed by atoms with E-state index in [-0.39, 0.29) is 14.5 Å². The van der Waals surface area contributed by atoms with E-state index < -0.39 is 0 Å². The molecule has 49 heavy (non-hydrogen) atoms. The molecule has 0 atom stereocenters. The topological polar surface area (TPSA) is 51.6 Å². The average molecular weight is 692 g/mol. The second kappa shape index (κ2) is 12.6. The van der Waals surface area contributed by atoms with Gasteiger partial charge in [0, 0.05) is 0 Å². The number of rotatable bonds is 6. The van der Waals surface area contributed by atoms with Crippen LogP contribution in [0.25, 0.3) is 86.4 Å². The summed E-state index contributed by atoms with van der Waals surface area (Å²) in [6.07, 6.45) is 1.85. The van der Waals surface area contributed by atoms with Gasteiger partial charge in [0.05, 0.1) is 0 Å². The van der Waals surface area contributed by atoms with Crippen molar-refractivity contribution in [1.82, 2.24) is 20.4 Å². The number of fused-ring (bicyclic) bond motifs is 3. The van der Waals surface area contributed by atoms with Crippen LogP contribution in [0, 0.1) is 0 Å². The number of hydrogen-bond donors (Lipinski definition) is 0. The molecular formula is C44H28N4Se. The zero-order valence-corrected chi connectivity index (χ0v) is 28.1. The van der Waals surface area contributed by atoms with Crippen LogP contribution < -0.4 is 0 Å². The van der Waals surface area contributed by atoms with Crippen LogP contribution >= 0.6 is 0 Å². The van der Waals surface area contributed by atoms with E-state index in [0.29, 0.717) is 0 Å². The van der Waals surface area contributed by atoms with E-state index >= 15 is 0 Å². The van der Waals surface area contributed by atoms with Crippen molar-refractivity contribution in [1.29, 1.82) is 0 Å². The summed E-state index contributed by atoms with van der Waals surface area (Å²) in [4.78, 5) is 5.03. The van der Waals surface area contributed by atoms with E-state index in [9.17, 15) is 0 Å². The molecule has 4 nitrogen and oxygen atoms in total. The predicted molar refractivity (Wildman–Crippen MR) is 202 cm³/mol. The van der Waals surface area contributed by atoms with Gasteiger partial charge in [-0.15, -0.1) is 0 Å². The molecule has 0 saturated carbocycles. The molecule has 0 radical (unpaired) electrons. The number of hydrogen-bond acceptors (Lipinski definition) is 4. The van der Waals surface area contributed by atoms with Crippen molar-refractivity contribution in [3.8, 4) is 67.2 Å². The van der Waals surface area contributed by atoms with Crippen LogP contribution in [0.2, 0.25) is 0 Å². The summed E-state index contributed by atoms with van der Waals surface area (Å²) < 4.78 is 2.83. The summed E-state index contributed by atoms with van der Waals surface area (Å²) >= 11 is 0.245. The summed E-state index contributed by atoms with van der Waals surface area (Å²) in [7, 11) is 0. The fourth-order valence-electron chi connectivity index (χ4n) is 6.86. The van der Waals surface area contributed by atoms with E-state index in [1.54, 1.807) is 0 Å². The van der Waals surface area contributed by atoms with Crippen LogP contribution in [0.15, 0.2) is 170 Å². The predicted octanol–water partition coefficient (Wildman–Crippen LogP) is 10.6. The van der Waals surface area contributed by atoms with Gasteiger partial charge in [-0.2, -0.15) is 0 Å². The Labute approximate surface area is 290 Å². The quantitative estimate of drug-likeness (QED) is 0.163. The van der Waals surface area contributed by atoms with Gasteiger partial charge in [0.1, 0.15) is 0 Å². The van der Waals surface area contributed by atoms with E-state index in [0.717, 1.165) is 56.0 Å². The Morgan fingerprint density at radius 3 is 1.76 bits per heavy atom. The van der Waals surface area contributed by atoms with Crippen LogP contribution in [0.3, 0.4) is 0 Å². The van der Waals surface area contributed by atoms with Gasteiger partial charge in [0.25, 0.3) is 0 Å². The van der Waals surface area contributed by atoms with Crippen LogP contribution in [-0.2, 0) is 0 Å². The van der Waals surface area contributed by atoms with Crippen molar-refractivity contribution in [3.63, 3.8) is 0 Å². The van der Waals surface area contributed by atoms with E-state index in [2.05, 4.69) is 144 Å². The summed E-state index contributed by atoms with van der Waals surface area (Å²) in [5, 5.41) is 16.6. The molecule has 3 heterocycles. The molecule has 9 rings (SSSR count). The van der Waals surface area contributed by atoms with Crippen LogP contribution in [0.4, 0.5) is 0 Å². The number of pyridine rings is 1. The van der Waals surface area contributed by atoms with Crippen molar-refractivity contribution in [2.45, 2.75) is 0 Å². The molecule has 0 N–H and O–H groups in total. The maximum absolute atomic E-state index is 5.03. The van der Waals surface area contributed by atoms with Crippen molar-refractivity contribution in [2.75, 3.05) is 0 Å². The van der Waals surface area contributed by atoms with Gasteiger partial charge in [0.2, 0.25) is 0 Å². The molecule has 230 valence electrons. The Morgan fingerprint density at radius 1 is 0.367 bits per heavy atom. The van der Waals surface area contributed by atoms with Crippen molar-refractivity contribution in [2.24, 2.45) is 0 Å². The molecule has 5 heteroatoms. The second-order valence-electron chi connectivity index (χ2n) is 11.9. The van der Waals surface area contributed by atoms with Crippen molar-refractivity contribution < 1.29 is 0 Å². The zero-order chi connectivity index (χ0) is 32.6. The molecule has 6 aromatic carbocycles. The van der Waals surface area contributed by atoms with Crippen molar-refractivity contribution >= 4 is 33.8 Å². The van der Waals surface area contributed by atoms with E-state index in [1.807, 2.05) is 36.5 Å². The Bertz CT molecular complexity index is 2600. The Kier molecular flexibility index (Phi) is 7.47. The summed E-state index contributed by atoms with van der Waals surface area (Å²) in [5.74, 6) is 0. The van der Waals surface area contributed by atoms with Gasteiger partial charge in [-0.25, -0.2) is 0 Å². The molecular weight excluding hydrogens is 663 g/mol. The van der Waals surface area contributed by atoms with Gasteiger partial charge >= 0.3 is 267 Å². The Hall–Kier alpha value is -6.00. The first-order valence-electron chi connectivity index (χ1n) is 16.2. The minimum atomic E-state index is 0.245. The van der Waals surface area contributed by atoms with Gasteiger partial charge in [-0.05, 0) is 0 Å². The van der Waals surface area contributed by atoms with E-state index in [4.69, 9.17) is 10.1 Å².